The van der Waals surface area contributed by atoms with Crippen LogP contribution >= 0.6 is 11.3 Å². The molecule has 10 heteroatoms. The van der Waals surface area contributed by atoms with E-state index in [4.69, 9.17) is 10.6 Å². The summed E-state index contributed by atoms with van der Waals surface area (Å²) in [7, 11) is 1.49. The van der Waals surface area contributed by atoms with Crippen LogP contribution in [0.2, 0.25) is 0 Å². The lowest BCUT2D eigenvalue weighted by atomic mass is 10.2. The van der Waals surface area contributed by atoms with Crippen LogP contribution in [0.25, 0.3) is 5.82 Å². The Morgan fingerprint density at radius 3 is 3.05 bits per heavy atom. The molecule has 9 nitrogen and oxygen atoms in total. The van der Waals surface area contributed by atoms with Crippen molar-refractivity contribution in [2.75, 3.05) is 0 Å². The van der Waals surface area contributed by atoms with Crippen molar-refractivity contribution in [1.82, 2.24) is 29.9 Å². The third-order valence-corrected chi connectivity index (χ3v) is 3.23. The number of tetrazole rings is 1. The number of ether oxygens (including phenoxy) is 1. The Bertz CT molecular complexity index is 834. The number of aryl methyl sites for hydroxylation is 2. The van der Waals surface area contributed by atoms with E-state index in [9.17, 15) is 4.79 Å². The summed E-state index contributed by atoms with van der Waals surface area (Å²) in [4.78, 5) is 15.7. The Balaban J connectivity index is 1.90. The van der Waals surface area contributed by atoms with Crippen LogP contribution in [0.1, 0.15) is 12.7 Å². The van der Waals surface area contributed by atoms with Crippen molar-refractivity contribution in [2.45, 2.75) is 13.5 Å². The maximum absolute atomic E-state index is 11.9. The highest BCUT2D eigenvalue weighted by atomic mass is 32.1. The van der Waals surface area contributed by atoms with E-state index in [-0.39, 0.29) is 18.6 Å². The average Bonchev–Trinajstić information content (AvgIpc) is 3.11. The highest BCUT2D eigenvalue weighted by Gasteiger charge is 2.19. The van der Waals surface area contributed by atoms with Gasteiger partial charge in [0.15, 0.2) is 0 Å². The van der Waals surface area contributed by atoms with Crippen LogP contribution in [0, 0.1) is 6.92 Å². The molecule has 0 aromatic carbocycles. The second-order valence-electron chi connectivity index (χ2n) is 3.87. The van der Waals surface area contributed by atoms with Gasteiger partial charge < -0.3 is 9.26 Å². The van der Waals surface area contributed by atoms with Gasteiger partial charge in [0.1, 0.15) is 12.4 Å². The van der Waals surface area contributed by atoms with E-state index in [2.05, 4.69) is 20.6 Å². The Morgan fingerprint density at radius 2 is 2.40 bits per heavy atom. The van der Waals surface area contributed by atoms with E-state index in [1.807, 2.05) is 0 Å². The molecule has 0 aliphatic carbocycles. The van der Waals surface area contributed by atoms with E-state index >= 15 is 0 Å². The largest absolute Gasteiger partial charge is 0.465 e. The number of hydrogen-bond donors (Lipinski definition) is 0. The average molecular weight is 296 g/mol. The maximum atomic E-state index is 11.9. The number of rotatable bonds is 4. The minimum absolute atomic E-state index is 0.0979. The van der Waals surface area contributed by atoms with Crippen LogP contribution in [-0.2, 0) is 13.7 Å². The minimum Gasteiger partial charge on any atom is -0.465 e. The summed E-state index contributed by atoms with van der Waals surface area (Å²) in [5, 5.41) is 13.1. The molecule has 0 N–H and O–H groups in total. The fraction of sp³-hybridized carbons (Fsp3) is 0.300. The molecule has 0 bridgehead atoms. The topological polar surface area (TPSA) is 101 Å². The molecule has 3 rings (SSSR count). The molecule has 0 atom stereocenters. The molecule has 0 saturated heterocycles. The zero-order valence-electron chi connectivity index (χ0n) is 11.6. The van der Waals surface area contributed by atoms with E-state index in [0.717, 1.165) is 9.36 Å². The molecule has 3 heterocycles. The molecule has 0 aliphatic rings. The highest BCUT2D eigenvalue weighted by molar-refractivity contribution is 7.11. The summed E-state index contributed by atoms with van der Waals surface area (Å²) in [5.74, 6) is 0.735. The van der Waals surface area contributed by atoms with Crippen LogP contribution in [0.5, 0.6) is 5.19 Å². The molecule has 0 radical (unpaired) electrons. The summed E-state index contributed by atoms with van der Waals surface area (Å²) in [5.41, 5.74) is 0.131. The lowest BCUT2D eigenvalue weighted by molar-refractivity contribution is 0.300. The zero-order valence-corrected chi connectivity index (χ0v) is 11.4. The van der Waals surface area contributed by atoms with E-state index in [0.29, 0.717) is 16.5 Å². The van der Waals surface area contributed by atoms with Gasteiger partial charge in [-0.1, -0.05) is 16.5 Å². The standard InChI is InChI=1S/C10H10N6O3S/c1-6-7(5-18-9-11-3-4-20-9)8(12-19-6)16-10(17)15(2)13-14-16/h3-4H,5H2,1-2H3/i3T. The van der Waals surface area contributed by atoms with Crippen molar-refractivity contribution in [2.24, 2.45) is 7.05 Å². The number of thiazole rings is 1. The summed E-state index contributed by atoms with van der Waals surface area (Å²) < 4.78 is 20.0. The molecular formula is C10H10N6O3S. The molecule has 0 amide bonds. The van der Waals surface area contributed by atoms with Gasteiger partial charge in [-0.25, -0.2) is 9.78 Å². The van der Waals surface area contributed by atoms with Gasteiger partial charge in [0.25, 0.3) is 5.19 Å². The van der Waals surface area contributed by atoms with Gasteiger partial charge >= 0.3 is 5.69 Å². The Hall–Kier alpha value is -2.49. The van der Waals surface area contributed by atoms with Crippen LogP contribution < -0.4 is 10.4 Å². The van der Waals surface area contributed by atoms with Crippen molar-refractivity contribution >= 4 is 11.3 Å². The highest BCUT2D eigenvalue weighted by Crippen LogP contribution is 2.20. The summed E-state index contributed by atoms with van der Waals surface area (Å²) in [6, 6.07) is 0. The molecule has 0 aliphatic heterocycles. The van der Waals surface area contributed by atoms with E-state index < -0.39 is 5.69 Å². The zero-order chi connectivity index (χ0) is 15.0. The predicted octanol–water partition coefficient (Wildman–Crippen LogP) is 0.298. The smallest absolute Gasteiger partial charge is 0.369 e. The van der Waals surface area contributed by atoms with Gasteiger partial charge in [-0.05, 0) is 17.4 Å². The van der Waals surface area contributed by atoms with Gasteiger partial charge in [0.05, 0.1) is 6.93 Å². The molecule has 0 fully saturated rings. The van der Waals surface area contributed by atoms with Crippen LogP contribution in [0.15, 0.2) is 20.9 Å². The molecule has 20 heavy (non-hydrogen) atoms. The molecule has 3 aromatic heterocycles. The summed E-state index contributed by atoms with van der Waals surface area (Å²) >= 11 is 1.21. The van der Waals surface area contributed by atoms with Crippen LogP contribution in [-0.4, -0.2) is 29.9 Å². The monoisotopic (exact) mass is 296 g/mol. The normalized spacial score (nSPS) is 11.6. The van der Waals surface area contributed by atoms with Crippen molar-refractivity contribution < 1.29 is 10.6 Å². The van der Waals surface area contributed by atoms with Crippen LogP contribution in [0.3, 0.4) is 0 Å². The number of nitrogens with zero attached hydrogens (tertiary/aromatic N) is 6. The quantitative estimate of drug-likeness (QED) is 0.682. The third kappa shape index (κ3) is 2.09. The first-order chi connectivity index (χ1) is 10.1. The second kappa shape index (κ2) is 4.89. The molecule has 3 aromatic rings. The minimum atomic E-state index is -0.438. The second-order valence-corrected chi connectivity index (χ2v) is 4.69. The Morgan fingerprint density at radius 1 is 1.55 bits per heavy atom. The lowest BCUT2D eigenvalue weighted by Crippen LogP contribution is -2.23. The molecule has 0 spiro atoms. The summed E-state index contributed by atoms with van der Waals surface area (Å²) in [6.07, 6.45) is 0.141. The predicted molar refractivity (Wildman–Crippen MR) is 67.8 cm³/mol. The SMILES string of the molecule is [3H]c1csc(OCc2c(-n3nnn(C)c3=O)noc2C)n1. The van der Waals surface area contributed by atoms with Crippen molar-refractivity contribution in [3.8, 4) is 11.0 Å². The van der Waals surface area contributed by atoms with Crippen molar-refractivity contribution in [1.29, 1.82) is 0 Å². The van der Waals surface area contributed by atoms with Gasteiger partial charge in [0, 0.05) is 18.6 Å². The molecular weight excluding hydrogens is 284 g/mol. The summed E-state index contributed by atoms with van der Waals surface area (Å²) in [6.45, 7) is 1.80. The van der Waals surface area contributed by atoms with Crippen molar-refractivity contribution in [3.63, 3.8) is 0 Å². The molecule has 104 valence electrons. The van der Waals surface area contributed by atoms with Gasteiger partial charge in [-0.2, -0.15) is 4.68 Å². The first-order valence-electron chi connectivity index (χ1n) is 6.05. The fourth-order valence-electron chi connectivity index (χ4n) is 1.54. The Labute approximate surface area is 117 Å². The number of hydrogen-bond acceptors (Lipinski definition) is 8. The van der Waals surface area contributed by atoms with Gasteiger partial charge in [-0.3, -0.25) is 0 Å². The van der Waals surface area contributed by atoms with E-state index in [1.165, 1.54) is 18.4 Å². The molecule has 0 unspecified atom stereocenters. The molecule has 0 saturated carbocycles. The lowest BCUT2D eigenvalue weighted by Gasteiger charge is -2.02. The van der Waals surface area contributed by atoms with E-state index in [1.54, 1.807) is 12.3 Å². The van der Waals surface area contributed by atoms with Gasteiger partial charge in [0.2, 0.25) is 5.82 Å². The maximum Gasteiger partial charge on any atom is 0.369 e. The third-order valence-electron chi connectivity index (χ3n) is 2.59. The first kappa shape index (κ1) is 11.3. The Kier molecular flexibility index (Phi) is 2.77. The van der Waals surface area contributed by atoms with Crippen LogP contribution in [0.4, 0.5) is 0 Å². The van der Waals surface area contributed by atoms with Gasteiger partial charge in [-0.15, -0.1) is 4.68 Å². The first-order valence-corrected chi connectivity index (χ1v) is 6.43. The number of aromatic nitrogens is 6. The van der Waals surface area contributed by atoms with Crippen molar-refractivity contribution in [3.05, 3.63) is 33.4 Å². The fourth-order valence-corrected chi connectivity index (χ4v) is 1.98.